The molecule has 84 valence electrons. The maximum absolute atomic E-state index is 3.33. The first-order valence-electron chi connectivity index (χ1n) is 5.36. The van der Waals surface area contributed by atoms with Gasteiger partial charge in [0.15, 0.2) is 0 Å². The second-order valence-corrected chi connectivity index (χ2v) is 4.96. The molecular weight excluding hydrogens is 299 g/mol. The van der Waals surface area contributed by atoms with Crippen molar-refractivity contribution in [3.63, 3.8) is 0 Å². The van der Waals surface area contributed by atoms with E-state index in [9.17, 15) is 0 Å². The average molecular weight is 318 g/mol. The fourth-order valence-corrected chi connectivity index (χ4v) is 1.79. The molecule has 0 aromatic heterocycles. The second kappa shape index (κ2) is 7.19. The van der Waals surface area contributed by atoms with E-state index < -0.39 is 0 Å². The van der Waals surface area contributed by atoms with E-state index in [1.54, 1.807) is 0 Å². The topological polar surface area (TPSA) is 15.3 Å². The van der Waals surface area contributed by atoms with Gasteiger partial charge in [-0.15, -0.1) is 0 Å². The molecule has 0 fully saturated rings. The Labute approximate surface area is 106 Å². The molecule has 0 saturated carbocycles. The smallest absolute Gasteiger partial charge is 0.0231 e. The van der Waals surface area contributed by atoms with Gasteiger partial charge in [-0.25, -0.2) is 0 Å². The van der Waals surface area contributed by atoms with Crippen LogP contribution in [0.15, 0.2) is 24.3 Å². The van der Waals surface area contributed by atoms with Gasteiger partial charge in [0, 0.05) is 23.2 Å². The molecule has 1 rings (SSSR count). The zero-order valence-electron chi connectivity index (χ0n) is 9.46. The van der Waals surface area contributed by atoms with Crippen LogP contribution in [-0.2, 0) is 6.54 Å². The van der Waals surface area contributed by atoms with Crippen LogP contribution in [0.4, 0.5) is 0 Å². The minimum Gasteiger partial charge on any atom is -0.316 e. The summed E-state index contributed by atoms with van der Waals surface area (Å²) in [6, 6.07) is 8.72. The Morgan fingerprint density at radius 3 is 2.53 bits per heavy atom. The van der Waals surface area contributed by atoms with Crippen LogP contribution in [0, 0.1) is 3.57 Å². The van der Waals surface area contributed by atoms with Crippen molar-refractivity contribution in [1.82, 2.24) is 10.2 Å². The normalized spacial score (nSPS) is 10.9. The Hall–Kier alpha value is -0.130. The molecule has 0 aliphatic rings. The van der Waals surface area contributed by atoms with Crippen molar-refractivity contribution >= 4 is 22.6 Å². The molecular formula is C12H19IN2. The molecule has 0 bridgehead atoms. The van der Waals surface area contributed by atoms with Crippen LogP contribution >= 0.6 is 22.6 Å². The van der Waals surface area contributed by atoms with Crippen molar-refractivity contribution in [3.05, 3.63) is 33.4 Å². The van der Waals surface area contributed by atoms with Crippen molar-refractivity contribution in [2.45, 2.75) is 13.5 Å². The van der Waals surface area contributed by atoms with E-state index >= 15 is 0 Å². The van der Waals surface area contributed by atoms with Crippen LogP contribution in [-0.4, -0.2) is 31.6 Å². The molecule has 0 aliphatic carbocycles. The predicted molar refractivity (Wildman–Crippen MR) is 74.0 cm³/mol. The number of benzene rings is 1. The van der Waals surface area contributed by atoms with Gasteiger partial charge in [-0.3, -0.25) is 0 Å². The Kier molecular flexibility index (Phi) is 6.20. The van der Waals surface area contributed by atoms with Crippen molar-refractivity contribution in [3.8, 4) is 0 Å². The van der Waals surface area contributed by atoms with E-state index in [-0.39, 0.29) is 0 Å². The Bertz CT molecular complexity index is 271. The van der Waals surface area contributed by atoms with E-state index in [4.69, 9.17) is 0 Å². The van der Waals surface area contributed by atoms with Gasteiger partial charge in [-0.05, 0) is 53.9 Å². The molecule has 0 aliphatic heterocycles. The lowest BCUT2D eigenvalue weighted by molar-refractivity contribution is 0.325. The third kappa shape index (κ3) is 5.49. The largest absolute Gasteiger partial charge is 0.316 e. The molecule has 1 aromatic carbocycles. The first-order chi connectivity index (χ1) is 7.22. The van der Waals surface area contributed by atoms with Crippen LogP contribution in [0.5, 0.6) is 0 Å². The fraction of sp³-hybridized carbons (Fsp3) is 0.500. The van der Waals surface area contributed by atoms with Crippen molar-refractivity contribution in [2.75, 3.05) is 26.7 Å². The molecule has 0 atom stereocenters. The molecule has 0 spiro atoms. The predicted octanol–water partition coefficient (Wildman–Crippen LogP) is 2.33. The lowest BCUT2D eigenvalue weighted by Gasteiger charge is -2.16. The summed E-state index contributed by atoms with van der Waals surface area (Å²) >= 11 is 2.33. The summed E-state index contributed by atoms with van der Waals surface area (Å²) < 4.78 is 1.30. The summed E-state index contributed by atoms with van der Waals surface area (Å²) in [7, 11) is 2.16. The number of nitrogens with zero attached hydrogens (tertiary/aromatic N) is 1. The number of nitrogens with one attached hydrogen (secondary N) is 1. The molecule has 1 aromatic rings. The summed E-state index contributed by atoms with van der Waals surface area (Å²) in [6.45, 7) is 6.38. The lowest BCUT2D eigenvalue weighted by Crippen LogP contribution is -2.28. The van der Waals surface area contributed by atoms with Crippen LogP contribution in [0.2, 0.25) is 0 Å². The standard InChI is InChI=1S/C12H19IN2/c1-3-14-8-9-15(2)10-11-4-6-12(13)7-5-11/h4-7,14H,3,8-10H2,1-2H3. The highest BCUT2D eigenvalue weighted by molar-refractivity contribution is 14.1. The van der Waals surface area contributed by atoms with Gasteiger partial charge in [0.1, 0.15) is 0 Å². The molecule has 15 heavy (non-hydrogen) atoms. The molecule has 2 nitrogen and oxygen atoms in total. The Balaban J connectivity index is 2.31. The minimum atomic E-state index is 1.03. The molecule has 1 N–H and O–H groups in total. The molecule has 0 amide bonds. The van der Waals surface area contributed by atoms with Crippen LogP contribution < -0.4 is 5.32 Å². The Morgan fingerprint density at radius 2 is 1.93 bits per heavy atom. The van der Waals surface area contributed by atoms with E-state index in [0.29, 0.717) is 0 Å². The summed E-state index contributed by atoms with van der Waals surface area (Å²) in [5.74, 6) is 0. The number of likely N-dealkylation sites (N-methyl/N-ethyl adjacent to an activating group) is 2. The summed E-state index contributed by atoms with van der Waals surface area (Å²) in [4.78, 5) is 2.34. The van der Waals surface area contributed by atoms with Gasteiger partial charge in [0.05, 0.1) is 0 Å². The first kappa shape index (κ1) is 12.9. The van der Waals surface area contributed by atoms with Gasteiger partial charge in [-0.2, -0.15) is 0 Å². The van der Waals surface area contributed by atoms with Crippen LogP contribution in [0.3, 0.4) is 0 Å². The highest BCUT2D eigenvalue weighted by atomic mass is 127. The zero-order valence-corrected chi connectivity index (χ0v) is 11.6. The van der Waals surface area contributed by atoms with Crippen LogP contribution in [0.25, 0.3) is 0 Å². The third-order valence-corrected chi connectivity index (χ3v) is 3.01. The number of rotatable bonds is 6. The molecule has 0 radical (unpaired) electrons. The number of halogens is 1. The summed E-state index contributed by atoms with van der Waals surface area (Å²) in [6.07, 6.45) is 0. The van der Waals surface area contributed by atoms with Gasteiger partial charge in [0.2, 0.25) is 0 Å². The molecule has 0 saturated heterocycles. The van der Waals surface area contributed by atoms with Gasteiger partial charge in [0.25, 0.3) is 0 Å². The third-order valence-electron chi connectivity index (χ3n) is 2.29. The summed E-state index contributed by atoms with van der Waals surface area (Å²) in [5, 5.41) is 3.33. The van der Waals surface area contributed by atoms with E-state index in [1.165, 1.54) is 9.13 Å². The van der Waals surface area contributed by atoms with Gasteiger partial charge >= 0.3 is 0 Å². The van der Waals surface area contributed by atoms with Gasteiger partial charge < -0.3 is 10.2 Å². The van der Waals surface area contributed by atoms with Gasteiger partial charge in [-0.1, -0.05) is 19.1 Å². The minimum absolute atomic E-state index is 1.03. The monoisotopic (exact) mass is 318 g/mol. The molecule has 0 unspecified atom stereocenters. The highest BCUT2D eigenvalue weighted by Gasteiger charge is 1.99. The van der Waals surface area contributed by atoms with Crippen LogP contribution in [0.1, 0.15) is 12.5 Å². The first-order valence-corrected chi connectivity index (χ1v) is 6.44. The van der Waals surface area contributed by atoms with Crippen molar-refractivity contribution < 1.29 is 0 Å². The summed E-state index contributed by atoms with van der Waals surface area (Å²) in [5.41, 5.74) is 1.38. The maximum Gasteiger partial charge on any atom is 0.0231 e. The average Bonchev–Trinajstić information content (AvgIpc) is 2.22. The quantitative estimate of drug-likeness (QED) is 0.640. The number of hydrogen-bond donors (Lipinski definition) is 1. The van der Waals surface area contributed by atoms with Crippen molar-refractivity contribution in [1.29, 1.82) is 0 Å². The zero-order chi connectivity index (χ0) is 11.1. The second-order valence-electron chi connectivity index (χ2n) is 3.72. The molecule has 0 heterocycles. The molecule has 3 heteroatoms. The highest BCUT2D eigenvalue weighted by Crippen LogP contribution is 2.08. The van der Waals surface area contributed by atoms with E-state index in [1.807, 2.05) is 0 Å². The number of hydrogen-bond acceptors (Lipinski definition) is 2. The van der Waals surface area contributed by atoms with Crippen molar-refractivity contribution in [2.24, 2.45) is 0 Å². The maximum atomic E-state index is 3.33. The van der Waals surface area contributed by atoms with E-state index in [2.05, 4.69) is 71.0 Å². The lowest BCUT2D eigenvalue weighted by atomic mass is 10.2. The fourth-order valence-electron chi connectivity index (χ4n) is 1.43. The Morgan fingerprint density at radius 1 is 1.27 bits per heavy atom. The SMILES string of the molecule is CCNCCN(C)Cc1ccc(I)cc1. The van der Waals surface area contributed by atoms with E-state index in [0.717, 1.165) is 26.2 Å².